The van der Waals surface area contributed by atoms with Crippen LogP contribution in [0.25, 0.3) is 5.03 Å². The fourth-order valence-electron chi connectivity index (χ4n) is 5.84. The molecule has 0 fully saturated rings. The molecule has 0 saturated carbocycles. The highest BCUT2D eigenvalue weighted by atomic mass is 35.5. The highest BCUT2D eigenvalue weighted by Crippen LogP contribution is 2.68. The lowest BCUT2D eigenvalue weighted by molar-refractivity contribution is 0.303. The van der Waals surface area contributed by atoms with Gasteiger partial charge in [0, 0.05) is 16.9 Å². The molecule has 3 aromatic carbocycles. The molecule has 0 nitrogen and oxygen atoms in total. The van der Waals surface area contributed by atoms with E-state index in [1.165, 1.54) is 0 Å². The minimum absolute atomic E-state index is 0.181. The molecule has 4 heteroatoms. The number of benzene rings is 3. The Morgan fingerprint density at radius 3 is 1.97 bits per heavy atom. The third-order valence-electron chi connectivity index (χ3n) is 7.28. The van der Waals surface area contributed by atoms with Crippen molar-refractivity contribution in [2.24, 2.45) is 11.8 Å². The molecule has 3 aromatic rings. The first kappa shape index (κ1) is 22.3. The van der Waals surface area contributed by atoms with Gasteiger partial charge in [0.05, 0.1) is 9.91 Å². The van der Waals surface area contributed by atoms with E-state index in [1.54, 1.807) is 0 Å². The van der Waals surface area contributed by atoms with E-state index in [1.807, 2.05) is 72.8 Å². The van der Waals surface area contributed by atoms with E-state index in [9.17, 15) is 0 Å². The van der Waals surface area contributed by atoms with Gasteiger partial charge in [0.2, 0.25) is 0 Å². The lowest BCUT2D eigenvalue weighted by Gasteiger charge is -2.55. The van der Waals surface area contributed by atoms with E-state index >= 15 is 0 Å². The van der Waals surface area contributed by atoms with Crippen LogP contribution in [0.2, 0.25) is 0 Å². The summed E-state index contributed by atoms with van der Waals surface area (Å²) in [6.07, 6.45) is 8.20. The minimum Gasteiger partial charge on any atom is -0.112 e. The Labute approximate surface area is 219 Å². The molecule has 0 amide bonds. The van der Waals surface area contributed by atoms with Crippen molar-refractivity contribution < 1.29 is 0 Å². The Balaban J connectivity index is 1.79. The molecule has 6 rings (SSSR count). The van der Waals surface area contributed by atoms with Gasteiger partial charge in [-0.05, 0) is 33.4 Å². The van der Waals surface area contributed by atoms with Gasteiger partial charge >= 0.3 is 0 Å². The number of hydrogen-bond donors (Lipinski definition) is 0. The number of allylic oxidation sites excluding steroid dienone is 7. The average molecular weight is 522 g/mol. The number of alkyl halides is 2. The topological polar surface area (TPSA) is 0 Å². The first-order chi connectivity index (χ1) is 16.5. The first-order valence-electron chi connectivity index (χ1n) is 11.2. The normalized spacial score (nSPS) is 29.5. The van der Waals surface area contributed by atoms with Crippen molar-refractivity contribution in [2.45, 2.75) is 9.75 Å². The predicted molar refractivity (Wildman–Crippen MR) is 144 cm³/mol. The third kappa shape index (κ3) is 2.93. The van der Waals surface area contributed by atoms with Gasteiger partial charge in [-0.15, -0.1) is 23.2 Å². The van der Waals surface area contributed by atoms with Crippen molar-refractivity contribution in [1.29, 1.82) is 0 Å². The number of rotatable bonds is 2. The first-order valence-corrected chi connectivity index (χ1v) is 12.7. The molecule has 4 atom stereocenters. The zero-order valence-electron chi connectivity index (χ0n) is 18.1. The molecule has 168 valence electrons. The maximum atomic E-state index is 7.92. The van der Waals surface area contributed by atoms with Crippen molar-refractivity contribution in [1.82, 2.24) is 0 Å². The van der Waals surface area contributed by atoms with Crippen LogP contribution in [0.4, 0.5) is 0 Å². The van der Waals surface area contributed by atoms with Crippen LogP contribution >= 0.6 is 46.4 Å². The lowest BCUT2D eigenvalue weighted by atomic mass is 9.56. The zero-order valence-corrected chi connectivity index (χ0v) is 21.1. The third-order valence-corrected chi connectivity index (χ3v) is 9.42. The largest absolute Gasteiger partial charge is 0.112 e. The van der Waals surface area contributed by atoms with E-state index in [0.717, 1.165) is 33.4 Å². The summed E-state index contributed by atoms with van der Waals surface area (Å²) in [5, 5.41) is 1.23. The van der Waals surface area contributed by atoms with Crippen molar-refractivity contribution in [3.8, 4) is 0 Å². The van der Waals surface area contributed by atoms with E-state index < -0.39 is 15.7 Å². The summed E-state index contributed by atoms with van der Waals surface area (Å²) in [5.74, 6) is -0.618. The van der Waals surface area contributed by atoms with Crippen LogP contribution in [-0.2, 0) is 9.75 Å². The predicted octanol–water partition coefficient (Wildman–Crippen LogP) is 9.13. The van der Waals surface area contributed by atoms with Crippen molar-refractivity contribution >= 4 is 51.4 Å². The molecule has 3 aliphatic rings. The highest BCUT2D eigenvalue weighted by molar-refractivity contribution is 6.52. The van der Waals surface area contributed by atoms with E-state index in [0.29, 0.717) is 10.1 Å². The lowest BCUT2D eigenvalue weighted by Crippen LogP contribution is -2.52. The minimum atomic E-state index is -0.996. The van der Waals surface area contributed by atoms with Gasteiger partial charge in [-0.1, -0.05) is 132 Å². The maximum absolute atomic E-state index is 7.92. The van der Waals surface area contributed by atoms with Crippen LogP contribution in [0.1, 0.15) is 22.3 Å². The molecule has 0 aliphatic heterocycles. The summed E-state index contributed by atoms with van der Waals surface area (Å²) in [6, 6.07) is 28.4. The van der Waals surface area contributed by atoms with Crippen LogP contribution in [0.15, 0.2) is 125 Å². The van der Waals surface area contributed by atoms with Crippen molar-refractivity contribution in [2.75, 3.05) is 0 Å². The van der Waals surface area contributed by atoms with E-state index in [4.69, 9.17) is 46.4 Å². The van der Waals surface area contributed by atoms with Gasteiger partial charge in [0.25, 0.3) is 0 Å². The fourth-order valence-corrected chi connectivity index (χ4v) is 7.85. The molecule has 34 heavy (non-hydrogen) atoms. The van der Waals surface area contributed by atoms with Gasteiger partial charge in [0.1, 0.15) is 4.87 Å². The molecule has 0 N–H and O–H groups in total. The summed E-state index contributed by atoms with van der Waals surface area (Å²) < 4.78 is 0. The number of halogens is 4. The van der Waals surface area contributed by atoms with Crippen LogP contribution in [-0.4, -0.2) is 0 Å². The Morgan fingerprint density at radius 1 is 0.647 bits per heavy atom. The molecular weight excluding hydrogens is 502 g/mol. The summed E-state index contributed by atoms with van der Waals surface area (Å²) >= 11 is 30.2. The second kappa shape index (κ2) is 8.18. The maximum Gasteiger partial charge on any atom is 0.104 e. The Hall–Kier alpha value is -2.22. The average Bonchev–Trinajstić information content (AvgIpc) is 2.90. The monoisotopic (exact) mass is 520 g/mol. The molecule has 0 aromatic heterocycles. The van der Waals surface area contributed by atoms with E-state index in [2.05, 4.69) is 36.4 Å². The van der Waals surface area contributed by atoms with Crippen molar-refractivity contribution in [3.05, 3.63) is 148 Å². The van der Waals surface area contributed by atoms with Crippen molar-refractivity contribution in [3.63, 3.8) is 0 Å². The van der Waals surface area contributed by atoms with Crippen LogP contribution in [0, 0.1) is 11.8 Å². The summed E-state index contributed by atoms with van der Waals surface area (Å²) in [5.41, 5.74) is 5.51. The van der Waals surface area contributed by atoms with Crippen LogP contribution in [0.5, 0.6) is 0 Å². The second-order valence-corrected chi connectivity index (χ2v) is 10.9. The van der Waals surface area contributed by atoms with Crippen LogP contribution < -0.4 is 0 Å². The Kier molecular flexibility index (Phi) is 5.35. The summed E-state index contributed by atoms with van der Waals surface area (Å²) in [6.45, 7) is 0. The molecular formula is C30H20Cl4. The SMILES string of the molecule is ClC1=C2C=CC=C[C@H]2[C@@](Cl)(c2ccccc2)[C@@H]2C1=C(Cl)c1ccccc1[C@]2(Cl)c1ccccc1. The molecule has 0 radical (unpaired) electrons. The molecule has 0 spiro atoms. The zero-order chi connectivity index (χ0) is 23.5. The summed E-state index contributed by atoms with van der Waals surface area (Å²) in [4.78, 5) is -1.93. The molecule has 0 unspecified atom stereocenters. The van der Waals surface area contributed by atoms with Gasteiger partial charge in [0.15, 0.2) is 0 Å². The summed E-state index contributed by atoms with van der Waals surface area (Å²) in [7, 11) is 0. The van der Waals surface area contributed by atoms with Crippen LogP contribution in [0.3, 0.4) is 0 Å². The highest BCUT2D eigenvalue weighted by Gasteiger charge is 2.62. The standard InChI is InChI=1S/C30H20Cl4/c31-26-21-15-7-9-17-23(21)29(33,19-11-3-1-4-12-19)28-25(26)27(32)22-16-8-10-18-24(22)30(28,34)20-13-5-2-6-14-20/h1-18,23,28H/t23-,28+,29+,30-/m1/s1. The van der Waals surface area contributed by atoms with E-state index in [-0.39, 0.29) is 5.92 Å². The van der Waals surface area contributed by atoms with Gasteiger partial charge in [-0.25, -0.2) is 0 Å². The Morgan fingerprint density at radius 2 is 1.26 bits per heavy atom. The number of hydrogen-bond acceptors (Lipinski definition) is 0. The fraction of sp³-hybridized carbons (Fsp3) is 0.133. The quantitative estimate of drug-likeness (QED) is 0.295. The smallest absolute Gasteiger partial charge is 0.104 e. The molecule has 0 saturated heterocycles. The molecule has 0 heterocycles. The van der Waals surface area contributed by atoms with Gasteiger partial charge in [-0.3, -0.25) is 0 Å². The molecule has 0 bridgehead atoms. The molecule has 3 aliphatic carbocycles. The number of fused-ring (bicyclic) bond motifs is 3. The van der Waals surface area contributed by atoms with Gasteiger partial charge in [-0.2, -0.15) is 0 Å². The second-order valence-electron chi connectivity index (χ2n) is 8.91. The van der Waals surface area contributed by atoms with Gasteiger partial charge < -0.3 is 0 Å². The Bertz CT molecular complexity index is 1400.